The van der Waals surface area contributed by atoms with Crippen molar-refractivity contribution in [1.29, 1.82) is 0 Å². The first-order valence-corrected chi connectivity index (χ1v) is 8.46. The molecule has 0 unspecified atom stereocenters. The van der Waals surface area contributed by atoms with Crippen molar-refractivity contribution in [2.24, 2.45) is 0 Å². The molecule has 2 aromatic rings. The van der Waals surface area contributed by atoms with Crippen LogP contribution >= 0.6 is 11.6 Å². The number of halogens is 1. The molecule has 0 radical (unpaired) electrons. The van der Waals surface area contributed by atoms with Gasteiger partial charge in [0.25, 0.3) is 11.8 Å². The summed E-state index contributed by atoms with van der Waals surface area (Å²) in [6, 6.07) is 11.4. The lowest BCUT2D eigenvalue weighted by Crippen LogP contribution is -2.37. The highest BCUT2D eigenvalue weighted by atomic mass is 35.5. The lowest BCUT2D eigenvalue weighted by Gasteiger charge is -2.17. The van der Waals surface area contributed by atoms with Crippen molar-refractivity contribution in [1.82, 2.24) is 4.90 Å². The van der Waals surface area contributed by atoms with E-state index in [0.717, 1.165) is 4.90 Å². The molecule has 3 rings (SSSR count). The number of amides is 3. The highest BCUT2D eigenvalue weighted by Crippen LogP contribution is 2.27. The Morgan fingerprint density at radius 2 is 1.81 bits per heavy atom. The molecule has 7 heteroatoms. The van der Waals surface area contributed by atoms with Crippen molar-refractivity contribution in [3.63, 3.8) is 0 Å². The molecule has 0 bridgehead atoms. The van der Waals surface area contributed by atoms with Crippen LogP contribution in [0, 0.1) is 0 Å². The van der Waals surface area contributed by atoms with E-state index in [4.69, 9.17) is 16.3 Å². The fourth-order valence-electron chi connectivity index (χ4n) is 2.67. The van der Waals surface area contributed by atoms with Crippen LogP contribution < -0.4 is 10.1 Å². The third-order valence-corrected chi connectivity index (χ3v) is 3.99. The smallest absolute Gasteiger partial charge is 0.262 e. The molecule has 0 fully saturated rings. The number of hydrogen-bond acceptors (Lipinski definition) is 4. The van der Waals surface area contributed by atoms with E-state index < -0.39 is 17.7 Å². The van der Waals surface area contributed by atoms with Gasteiger partial charge in [0, 0.05) is 5.02 Å². The van der Waals surface area contributed by atoms with Gasteiger partial charge in [-0.2, -0.15) is 0 Å². The number of para-hydroxylation sites is 2. The molecule has 0 atom stereocenters. The van der Waals surface area contributed by atoms with Gasteiger partial charge in [-0.15, -0.1) is 0 Å². The monoisotopic (exact) mass is 372 g/mol. The number of fused-ring (bicyclic) bond motifs is 1. The second kappa shape index (κ2) is 7.17. The summed E-state index contributed by atoms with van der Waals surface area (Å²) in [5, 5.41) is 3.04. The Kier molecular flexibility index (Phi) is 4.95. The number of imide groups is 1. The number of ether oxygens (including phenoxy) is 1. The van der Waals surface area contributed by atoms with E-state index in [-0.39, 0.29) is 23.8 Å². The standard InChI is InChI=1S/C19H17ClN2O4/c1-11(2)26-16-6-4-3-5-15(16)21-17(23)10-22-18(24)13-8-7-12(20)9-14(13)19(22)25/h3-9,11H,10H2,1-2H3,(H,21,23). The molecule has 1 N–H and O–H groups in total. The minimum Gasteiger partial charge on any atom is -0.489 e. The summed E-state index contributed by atoms with van der Waals surface area (Å²) in [6.07, 6.45) is -0.0611. The van der Waals surface area contributed by atoms with Gasteiger partial charge < -0.3 is 10.1 Å². The Balaban J connectivity index is 1.74. The first kappa shape index (κ1) is 17.9. The molecular weight excluding hydrogens is 356 g/mol. The topological polar surface area (TPSA) is 75.7 Å². The minimum absolute atomic E-state index is 0.0611. The van der Waals surface area contributed by atoms with E-state index in [1.165, 1.54) is 18.2 Å². The van der Waals surface area contributed by atoms with Crippen molar-refractivity contribution in [3.05, 3.63) is 58.6 Å². The highest BCUT2D eigenvalue weighted by Gasteiger charge is 2.36. The molecule has 26 heavy (non-hydrogen) atoms. The number of hydrogen-bond donors (Lipinski definition) is 1. The van der Waals surface area contributed by atoms with Crippen LogP contribution in [0.2, 0.25) is 5.02 Å². The summed E-state index contributed by atoms with van der Waals surface area (Å²) in [4.78, 5) is 38.1. The number of anilines is 1. The Bertz CT molecular complexity index is 895. The van der Waals surface area contributed by atoms with Crippen LogP contribution in [-0.4, -0.2) is 35.3 Å². The SMILES string of the molecule is CC(C)Oc1ccccc1NC(=O)CN1C(=O)c2ccc(Cl)cc2C1=O. The van der Waals surface area contributed by atoms with E-state index in [0.29, 0.717) is 16.5 Å². The quantitative estimate of drug-likeness (QED) is 0.816. The summed E-state index contributed by atoms with van der Waals surface area (Å²) in [5.74, 6) is -1.02. The van der Waals surface area contributed by atoms with Crippen LogP contribution in [0.5, 0.6) is 5.75 Å². The van der Waals surface area contributed by atoms with E-state index in [1.807, 2.05) is 13.8 Å². The average molecular weight is 373 g/mol. The van der Waals surface area contributed by atoms with Crippen LogP contribution in [0.15, 0.2) is 42.5 Å². The zero-order valence-electron chi connectivity index (χ0n) is 14.3. The lowest BCUT2D eigenvalue weighted by molar-refractivity contribution is -0.116. The van der Waals surface area contributed by atoms with Gasteiger partial charge in [0.1, 0.15) is 12.3 Å². The molecule has 1 heterocycles. The van der Waals surface area contributed by atoms with E-state index in [2.05, 4.69) is 5.32 Å². The van der Waals surface area contributed by atoms with Gasteiger partial charge in [-0.3, -0.25) is 19.3 Å². The number of nitrogens with zero attached hydrogens (tertiary/aromatic N) is 1. The second-order valence-electron chi connectivity index (χ2n) is 6.10. The van der Waals surface area contributed by atoms with Gasteiger partial charge in [0.2, 0.25) is 5.91 Å². The molecule has 134 valence electrons. The van der Waals surface area contributed by atoms with Gasteiger partial charge >= 0.3 is 0 Å². The Hall–Kier alpha value is -2.86. The fraction of sp³-hybridized carbons (Fsp3) is 0.211. The largest absolute Gasteiger partial charge is 0.489 e. The third kappa shape index (κ3) is 3.55. The van der Waals surface area contributed by atoms with Gasteiger partial charge in [-0.1, -0.05) is 23.7 Å². The van der Waals surface area contributed by atoms with Gasteiger partial charge in [0.15, 0.2) is 0 Å². The predicted octanol–water partition coefficient (Wildman–Crippen LogP) is 3.36. The number of carbonyl (C=O) groups excluding carboxylic acids is 3. The molecule has 0 aliphatic carbocycles. The number of rotatable bonds is 5. The summed E-state index contributed by atoms with van der Waals surface area (Å²) in [7, 11) is 0. The Labute approximate surface area is 155 Å². The summed E-state index contributed by atoms with van der Waals surface area (Å²) >= 11 is 5.88. The second-order valence-corrected chi connectivity index (χ2v) is 6.53. The Morgan fingerprint density at radius 3 is 2.54 bits per heavy atom. The number of benzene rings is 2. The van der Waals surface area contributed by atoms with E-state index in [9.17, 15) is 14.4 Å². The zero-order valence-corrected chi connectivity index (χ0v) is 15.0. The van der Waals surface area contributed by atoms with Crippen LogP contribution in [0.4, 0.5) is 5.69 Å². The molecule has 1 aliphatic rings. The lowest BCUT2D eigenvalue weighted by atomic mass is 10.1. The molecule has 2 aromatic carbocycles. The molecule has 6 nitrogen and oxygen atoms in total. The van der Waals surface area contributed by atoms with Crippen LogP contribution in [-0.2, 0) is 4.79 Å². The van der Waals surface area contributed by atoms with Crippen molar-refractivity contribution >= 4 is 35.0 Å². The van der Waals surface area contributed by atoms with Crippen molar-refractivity contribution in [2.45, 2.75) is 20.0 Å². The van der Waals surface area contributed by atoms with Crippen molar-refractivity contribution in [2.75, 3.05) is 11.9 Å². The van der Waals surface area contributed by atoms with Crippen LogP contribution in [0.1, 0.15) is 34.6 Å². The highest BCUT2D eigenvalue weighted by molar-refractivity contribution is 6.32. The molecule has 0 aromatic heterocycles. The minimum atomic E-state index is -0.533. The Morgan fingerprint density at radius 1 is 1.12 bits per heavy atom. The molecule has 0 spiro atoms. The van der Waals surface area contributed by atoms with E-state index in [1.54, 1.807) is 24.3 Å². The van der Waals surface area contributed by atoms with Gasteiger partial charge in [-0.25, -0.2) is 0 Å². The van der Waals surface area contributed by atoms with E-state index >= 15 is 0 Å². The summed E-state index contributed by atoms with van der Waals surface area (Å²) < 4.78 is 5.65. The molecule has 0 saturated heterocycles. The average Bonchev–Trinajstić information content (AvgIpc) is 2.81. The van der Waals surface area contributed by atoms with Crippen molar-refractivity contribution < 1.29 is 19.1 Å². The maximum absolute atomic E-state index is 12.4. The maximum atomic E-state index is 12.4. The first-order chi connectivity index (χ1) is 12.4. The van der Waals surface area contributed by atoms with Gasteiger partial charge in [-0.05, 0) is 44.2 Å². The normalized spacial score (nSPS) is 13.2. The fourth-order valence-corrected chi connectivity index (χ4v) is 2.84. The molecular formula is C19H17ClN2O4. The van der Waals surface area contributed by atoms with Gasteiger partial charge in [0.05, 0.1) is 22.9 Å². The molecule has 1 aliphatic heterocycles. The number of nitrogens with one attached hydrogen (secondary N) is 1. The van der Waals surface area contributed by atoms with Crippen LogP contribution in [0.3, 0.4) is 0 Å². The van der Waals surface area contributed by atoms with Crippen molar-refractivity contribution in [3.8, 4) is 5.75 Å². The number of carbonyl (C=O) groups is 3. The maximum Gasteiger partial charge on any atom is 0.262 e. The predicted molar refractivity (Wildman–Crippen MR) is 97.7 cm³/mol. The third-order valence-electron chi connectivity index (χ3n) is 3.76. The van der Waals surface area contributed by atoms with Crippen LogP contribution in [0.25, 0.3) is 0 Å². The molecule has 0 saturated carbocycles. The summed E-state index contributed by atoms with van der Waals surface area (Å²) in [6.45, 7) is 3.37. The zero-order chi connectivity index (χ0) is 18.8. The molecule has 3 amide bonds. The first-order valence-electron chi connectivity index (χ1n) is 8.08. The summed E-state index contributed by atoms with van der Waals surface area (Å²) in [5.41, 5.74) is 0.931.